The van der Waals surface area contributed by atoms with Crippen molar-refractivity contribution in [2.75, 3.05) is 44.2 Å². The lowest BCUT2D eigenvalue weighted by Gasteiger charge is -2.28. The number of ketones is 1. The van der Waals surface area contributed by atoms with E-state index in [-0.39, 0.29) is 11.3 Å². The smallest absolute Gasteiger partial charge is 0.300 e. The molecule has 38 heavy (non-hydrogen) atoms. The van der Waals surface area contributed by atoms with Gasteiger partial charge < -0.3 is 24.2 Å². The van der Waals surface area contributed by atoms with Crippen LogP contribution in [-0.4, -0.2) is 51.2 Å². The van der Waals surface area contributed by atoms with E-state index in [1.807, 2.05) is 36.2 Å². The molecule has 0 aliphatic carbocycles. The van der Waals surface area contributed by atoms with Gasteiger partial charge in [0.25, 0.3) is 11.7 Å². The molecule has 0 aromatic heterocycles. The minimum Gasteiger partial charge on any atom is -0.507 e. The SMILES string of the molecule is CCc1ccc(C2/C(=C(/O)c3ccc4c(c3)N(C)CCO4)C(=O)C(=O)N2c2cc(OC)cc(OC)c2)cc1. The molecular weight excluding hydrogens is 484 g/mol. The number of methoxy groups -OCH3 is 2. The van der Waals surface area contributed by atoms with Crippen LogP contribution in [0.1, 0.15) is 29.7 Å². The Morgan fingerprint density at radius 2 is 1.68 bits per heavy atom. The fourth-order valence-electron chi connectivity index (χ4n) is 4.93. The molecule has 1 fully saturated rings. The summed E-state index contributed by atoms with van der Waals surface area (Å²) in [4.78, 5) is 30.6. The van der Waals surface area contributed by atoms with Crippen LogP contribution in [0.4, 0.5) is 11.4 Å². The first kappa shape index (κ1) is 25.2. The average Bonchev–Trinajstić information content (AvgIpc) is 3.22. The molecule has 8 heteroatoms. The molecule has 2 aliphatic rings. The number of nitrogens with zero attached hydrogens (tertiary/aromatic N) is 2. The zero-order chi connectivity index (χ0) is 27.0. The summed E-state index contributed by atoms with van der Waals surface area (Å²) in [7, 11) is 4.98. The average molecular weight is 515 g/mol. The van der Waals surface area contributed by atoms with Crippen molar-refractivity contribution in [1.82, 2.24) is 0 Å². The molecule has 1 N–H and O–H groups in total. The maximum atomic E-state index is 13.6. The van der Waals surface area contributed by atoms with Crippen molar-refractivity contribution < 1.29 is 28.9 Å². The maximum absolute atomic E-state index is 13.6. The highest BCUT2D eigenvalue weighted by Gasteiger charge is 2.47. The highest BCUT2D eigenvalue weighted by atomic mass is 16.5. The molecule has 0 saturated carbocycles. The summed E-state index contributed by atoms with van der Waals surface area (Å²) in [6.07, 6.45) is 0.846. The molecular formula is C30H30N2O6. The number of likely N-dealkylation sites (N-methyl/N-ethyl adjacent to an activating group) is 1. The molecule has 1 atom stereocenters. The van der Waals surface area contributed by atoms with Gasteiger partial charge in [0, 0.05) is 30.8 Å². The second kappa shape index (κ2) is 10.1. The third-order valence-electron chi connectivity index (χ3n) is 7.09. The number of fused-ring (bicyclic) bond motifs is 1. The fraction of sp³-hybridized carbons (Fsp3) is 0.267. The van der Waals surface area contributed by atoms with Crippen LogP contribution >= 0.6 is 0 Å². The van der Waals surface area contributed by atoms with Crippen LogP contribution in [0.2, 0.25) is 0 Å². The number of ether oxygens (including phenoxy) is 3. The predicted octanol–water partition coefficient (Wildman–Crippen LogP) is 4.72. The van der Waals surface area contributed by atoms with Gasteiger partial charge in [-0.2, -0.15) is 0 Å². The number of Topliss-reactive ketones (excluding diaryl/α,β-unsaturated/α-hetero) is 1. The molecule has 1 saturated heterocycles. The van der Waals surface area contributed by atoms with Gasteiger partial charge in [0.1, 0.15) is 29.6 Å². The lowest BCUT2D eigenvalue weighted by molar-refractivity contribution is -0.132. The lowest BCUT2D eigenvalue weighted by atomic mass is 9.94. The number of hydrogen-bond donors (Lipinski definition) is 1. The number of hydrogen-bond acceptors (Lipinski definition) is 7. The van der Waals surface area contributed by atoms with Crippen LogP contribution in [0.5, 0.6) is 17.2 Å². The summed E-state index contributed by atoms with van der Waals surface area (Å²) in [6.45, 7) is 3.32. The highest BCUT2D eigenvalue weighted by Crippen LogP contribution is 2.44. The zero-order valence-electron chi connectivity index (χ0n) is 21.9. The fourth-order valence-corrected chi connectivity index (χ4v) is 4.93. The molecule has 0 spiro atoms. The van der Waals surface area contributed by atoms with Crippen LogP contribution < -0.4 is 24.0 Å². The summed E-state index contributed by atoms with van der Waals surface area (Å²) < 4.78 is 16.6. The summed E-state index contributed by atoms with van der Waals surface area (Å²) in [5.74, 6) is -0.114. The monoisotopic (exact) mass is 514 g/mol. The van der Waals surface area contributed by atoms with Crippen LogP contribution in [0.3, 0.4) is 0 Å². The van der Waals surface area contributed by atoms with Crippen LogP contribution in [0.15, 0.2) is 66.2 Å². The first-order valence-corrected chi connectivity index (χ1v) is 12.5. The van der Waals surface area contributed by atoms with E-state index in [0.717, 1.165) is 17.7 Å². The van der Waals surface area contributed by atoms with Gasteiger partial charge in [-0.3, -0.25) is 14.5 Å². The van der Waals surface area contributed by atoms with Gasteiger partial charge in [-0.05, 0) is 35.7 Å². The number of benzene rings is 3. The van der Waals surface area contributed by atoms with Crippen molar-refractivity contribution in [2.45, 2.75) is 19.4 Å². The van der Waals surface area contributed by atoms with E-state index >= 15 is 0 Å². The standard InChI is InChI=1S/C30H30N2O6/c1-5-18-6-8-19(9-7-18)27-26(28(33)20-10-11-25-24(14-20)31(2)12-13-38-25)29(34)30(35)32(27)21-15-22(36-3)17-23(16-21)37-4/h6-11,14-17,27,33H,5,12-13H2,1-4H3/b28-26-. The second-order valence-corrected chi connectivity index (χ2v) is 9.29. The highest BCUT2D eigenvalue weighted by molar-refractivity contribution is 6.51. The van der Waals surface area contributed by atoms with Crippen molar-refractivity contribution in [3.63, 3.8) is 0 Å². The van der Waals surface area contributed by atoms with Crippen molar-refractivity contribution >= 4 is 28.8 Å². The molecule has 2 heterocycles. The number of aliphatic hydroxyl groups excluding tert-OH is 1. The molecule has 0 bridgehead atoms. The molecule has 1 unspecified atom stereocenters. The van der Waals surface area contributed by atoms with E-state index in [1.165, 1.54) is 19.1 Å². The van der Waals surface area contributed by atoms with Crippen LogP contribution in [0.25, 0.3) is 5.76 Å². The minimum absolute atomic E-state index is 0.0142. The molecule has 0 radical (unpaired) electrons. The Morgan fingerprint density at radius 3 is 2.32 bits per heavy atom. The number of rotatable bonds is 6. The number of carbonyl (C=O) groups is 2. The predicted molar refractivity (Wildman–Crippen MR) is 145 cm³/mol. The lowest BCUT2D eigenvalue weighted by Crippen LogP contribution is -2.29. The van der Waals surface area contributed by atoms with E-state index in [9.17, 15) is 14.7 Å². The van der Waals surface area contributed by atoms with E-state index in [1.54, 1.807) is 36.4 Å². The van der Waals surface area contributed by atoms with Gasteiger partial charge >= 0.3 is 0 Å². The number of carbonyl (C=O) groups excluding carboxylic acids is 2. The third kappa shape index (κ3) is 4.32. The largest absolute Gasteiger partial charge is 0.507 e. The summed E-state index contributed by atoms with van der Waals surface area (Å²) in [5, 5.41) is 11.6. The molecule has 3 aromatic carbocycles. The Labute approximate surface area is 221 Å². The maximum Gasteiger partial charge on any atom is 0.300 e. The Balaban J connectivity index is 1.71. The van der Waals surface area contributed by atoms with E-state index < -0.39 is 17.7 Å². The van der Waals surface area contributed by atoms with Gasteiger partial charge in [-0.15, -0.1) is 0 Å². The van der Waals surface area contributed by atoms with E-state index in [4.69, 9.17) is 14.2 Å². The number of amides is 1. The van der Waals surface area contributed by atoms with E-state index in [0.29, 0.717) is 47.2 Å². The van der Waals surface area contributed by atoms with Gasteiger partial charge in [-0.1, -0.05) is 31.2 Å². The van der Waals surface area contributed by atoms with Crippen molar-refractivity contribution in [3.8, 4) is 17.2 Å². The zero-order valence-corrected chi connectivity index (χ0v) is 21.9. The third-order valence-corrected chi connectivity index (χ3v) is 7.09. The molecule has 1 amide bonds. The minimum atomic E-state index is -0.859. The first-order chi connectivity index (χ1) is 18.4. The van der Waals surface area contributed by atoms with Crippen molar-refractivity contribution in [3.05, 3.63) is 82.9 Å². The van der Waals surface area contributed by atoms with Gasteiger partial charge in [0.2, 0.25) is 0 Å². The van der Waals surface area contributed by atoms with Gasteiger partial charge in [0.05, 0.1) is 43.8 Å². The Hall–Kier alpha value is -4.46. The first-order valence-electron chi connectivity index (χ1n) is 12.5. The van der Waals surface area contributed by atoms with Crippen molar-refractivity contribution in [1.29, 1.82) is 0 Å². The summed E-state index contributed by atoms with van der Waals surface area (Å²) in [5.41, 5.74) is 3.48. The molecule has 8 nitrogen and oxygen atoms in total. The van der Waals surface area contributed by atoms with Crippen molar-refractivity contribution in [2.24, 2.45) is 0 Å². The van der Waals surface area contributed by atoms with Crippen LogP contribution in [0, 0.1) is 0 Å². The molecule has 3 aromatic rings. The summed E-state index contributed by atoms with van der Waals surface area (Å²) >= 11 is 0. The number of anilines is 2. The molecule has 5 rings (SSSR count). The van der Waals surface area contributed by atoms with E-state index in [2.05, 4.69) is 6.92 Å². The quantitative estimate of drug-likeness (QED) is 0.289. The topological polar surface area (TPSA) is 88.5 Å². The summed E-state index contributed by atoms with van der Waals surface area (Å²) in [6, 6.07) is 17.1. The Kier molecular flexibility index (Phi) is 6.72. The molecule has 196 valence electrons. The second-order valence-electron chi connectivity index (χ2n) is 9.29. The number of aryl methyl sites for hydroxylation is 1. The number of aliphatic hydroxyl groups is 1. The Bertz CT molecular complexity index is 1410. The van der Waals surface area contributed by atoms with Gasteiger partial charge in [-0.25, -0.2) is 0 Å². The van der Waals surface area contributed by atoms with Gasteiger partial charge in [0.15, 0.2) is 0 Å². The normalized spacial score (nSPS) is 18.3. The Morgan fingerprint density at radius 1 is 1.00 bits per heavy atom. The van der Waals surface area contributed by atoms with Crippen LogP contribution in [-0.2, 0) is 16.0 Å². The molecule has 2 aliphatic heterocycles.